The lowest BCUT2D eigenvalue weighted by molar-refractivity contribution is -0.128. The fraction of sp³-hybridized carbons (Fsp3) is 0.368. The van der Waals surface area contributed by atoms with E-state index in [1.807, 2.05) is 41.8 Å². The standard InChI is InChI=1S/C19H22N2O2S/c22-18(12-4-9-16-10-6-14-24-16)20-17-11-5-13-21(19(17)23)15-7-2-1-3-8-15/h1-3,6-8,10,14,17H,4-5,9,11-13H2,(H,20,22)/t17-/m1/s1. The van der Waals surface area contributed by atoms with Crippen molar-refractivity contribution in [1.82, 2.24) is 5.32 Å². The second-order valence-electron chi connectivity index (χ2n) is 6.02. The molecule has 0 bridgehead atoms. The highest BCUT2D eigenvalue weighted by atomic mass is 32.1. The zero-order chi connectivity index (χ0) is 16.8. The van der Waals surface area contributed by atoms with Gasteiger partial charge in [-0.2, -0.15) is 0 Å². The number of nitrogens with one attached hydrogen (secondary N) is 1. The number of aryl methyl sites for hydroxylation is 1. The number of nitrogens with zero attached hydrogens (tertiary/aromatic N) is 1. The first kappa shape index (κ1) is 16.7. The zero-order valence-electron chi connectivity index (χ0n) is 13.6. The van der Waals surface area contributed by atoms with E-state index >= 15 is 0 Å². The summed E-state index contributed by atoms with van der Waals surface area (Å²) in [5.41, 5.74) is 0.902. The van der Waals surface area contributed by atoms with Crippen LogP contribution in [-0.4, -0.2) is 24.4 Å². The third-order valence-corrected chi connectivity index (χ3v) is 5.19. The Labute approximate surface area is 146 Å². The summed E-state index contributed by atoms with van der Waals surface area (Å²) in [5, 5.41) is 4.97. The number of rotatable bonds is 6. The molecule has 2 heterocycles. The summed E-state index contributed by atoms with van der Waals surface area (Å²) in [6.45, 7) is 0.716. The van der Waals surface area contributed by atoms with Crippen LogP contribution in [0.15, 0.2) is 47.8 Å². The molecule has 4 nitrogen and oxygen atoms in total. The number of carbonyl (C=O) groups excluding carboxylic acids is 2. The molecule has 1 atom stereocenters. The van der Waals surface area contributed by atoms with Gasteiger partial charge in [0.05, 0.1) is 0 Å². The minimum Gasteiger partial charge on any atom is -0.344 e. The quantitative estimate of drug-likeness (QED) is 0.875. The summed E-state index contributed by atoms with van der Waals surface area (Å²) >= 11 is 1.72. The molecule has 0 radical (unpaired) electrons. The van der Waals surface area contributed by atoms with Crippen molar-refractivity contribution in [3.63, 3.8) is 0 Å². The van der Waals surface area contributed by atoms with E-state index in [0.717, 1.165) is 31.4 Å². The number of anilines is 1. The van der Waals surface area contributed by atoms with Gasteiger partial charge in [0, 0.05) is 23.5 Å². The molecule has 126 valence electrons. The first-order chi connectivity index (χ1) is 11.7. The molecule has 2 aromatic rings. The van der Waals surface area contributed by atoms with Crippen LogP contribution in [-0.2, 0) is 16.0 Å². The summed E-state index contributed by atoms with van der Waals surface area (Å²) < 4.78 is 0. The molecule has 3 rings (SSSR count). The topological polar surface area (TPSA) is 49.4 Å². The Hall–Kier alpha value is -2.14. The highest BCUT2D eigenvalue weighted by Crippen LogP contribution is 2.21. The number of hydrogen-bond donors (Lipinski definition) is 1. The van der Waals surface area contributed by atoms with Crippen LogP contribution >= 0.6 is 11.3 Å². The Morgan fingerprint density at radius 3 is 2.79 bits per heavy atom. The molecule has 0 aliphatic carbocycles. The van der Waals surface area contributed by atoms with Crippen LogP contribution in [0.2, 0.25) is 0 Å². The number of thiophene rings is 1. The van der Waals surface area contributed by atoms with Crippen molar-refractivity contribution in [3.8, 4) is 0 Å². The lowest BCUT2D eigenvalue weighted by atomic mass is 10.0. The molecule has 1 fully saturated rings. The van der Waals surface area contributed by atoms with Crippen molar-refractivity contribution in [2.24, 2.45) is 0 Å². The molecule has 1 aromatic carbocycles. The third kappa shape index (κ3) is 4.23. The van der Waals surface area contributed by atoms with Crippen molar-refractivity contribution in [2.45, 2.75) is 38.1 Å². The average molecular weight is 342 g/mol. The van der Waals surface area contributed by atoms with Crippen molar-refractivity contribution in [2.75, 3.05) is 11.4 Å². The second-order valence-corrected chi connectivity index (χ2v) is 7.05. The average Bonchev–Trinajstić information content (AvgIpc) is 3.11. The molecule has 0 unspecified atom stereocenters. The number of hydrogen-bond acceptors (Lipinski definition) is 3. The largest absolute Gasteiger partial charge is 0.344 e. The molecule has 1 aliphatic heterocycles. The van der Waals surface area contributed by atoms with Crippen LogP contribution in [0.3, 0.4) is 0 Å². The zero-order valence-corrected chi connectivity index (χ0v) is 14.4. The molecule has 5 heteroatoms. The van der Waals surface area contributed by atoms with E-state index in [0.29, 0.717) is 13.0 Å². The second kappa shape index (κ2) is 8.11. The molecule has 1 aromatic heterocycles. The molecule has 0 spiro atoms. The maximum atomic E-state index is 12.6. The van der Waals surface area contributed by atoms with Gasteiger partial charge in [-0.05, 0) is 49.3 Å². The van der Waals surface area contributed by atoms with Crippen molar-refractivity contribution < 1.29 is 9.59 Å². The number of amides is 2. The minimum atomic E-state index is -0.395. The van der Waals surface area contributed by atoms with Gasteiger partial charge >= 0.3 is 0 Å². The van der Waals surface area contributed by atoms with E-state index in [-0.39, 0.29) is 11.8 Å². The third-order valence-electron chi connectivity index (χ3n) is 4.25. The SMILES string of the molecule is O=C(CCCc1cccs1)N[C@@H]1CCCN(c2ccccc2)C1=O. The van der Waals surface area contributed by atoms with Gasteiger partial charge in [0.1, 0.15) is 6.04 Å². The molecule has 0 saturated carbocycles. The molecule has 24 heavy (non-hydrogen) atoms. The number of para-hydroxylation sites is 1. The van der Waals surface area contributed by atoms with Crippen LogP contribution in [0.1, 0.15) is 30.6 Å². The lowest BCUT2D eigenvalue weighted by Gasteiger charge is -2.32. The predicted molar refractivity (Wildman–Crippen MR) is 97.2 cm³/mol. The van der Waals surface area contributed by atoms with E-state index in [9.17, 15) is 9.59 Å². The van der Waals surface area contributed by atoms with Gasteiger partial charge in [-0.3, -0.25) is 9.59 Å². The molecule has 1 aliphatic rings. The first-order valence-electron chi connectivity index (χ1n) is 8.42. The van der Waals surface area contributed by atoms with E-state index in [1.165, 1.54) is 4.88 Å². The van der Waals surface area contributed by atoms with Crippen molar-refractivity contribution >= 4 is 28.8 Å². The fourth-order valence-corrected chi connectivity index (χ4v) is 3.77. The molecule has 1 saturated heterocycles. The van der Waals surface area contributed by atoms with Gasteiger partial charge in [0.25, 0.3) is 0 Å². The van der Waals surface area contributed by atoms with Gasteiger partial charge in [-0.1, -0.05) is 24.3 Å². The molecule has 2 amide bonds. The summed E-state index contributed by atoms with van der Waals surface area (Å²) in [5.74, 6) is -0.0288. The normalized spacial score (nSPS) is 17.8. The predicted octanol–water partition coefficient (Wildman–Crippen LogP) is 3.38. The summed E-state index contributed by atoms with van der Waals surface area (Å²) in [6, 6.07) is 13.4. The Bertz CT molecular complexity index is 670. The van der Waals surface area contributed by atoms with Gasteiger partial charge in [0.15, 0.2) is 0 Å². The van der Waals surface area contributed by atoms with E-state index < -0.39 is 6.04 Å². The monoisotopic (exact) mass is 342 g/mol. The van der Waals surface area contributed by atoms with Crippen LogP contribution in [0.25, 0.3) is 0 Å². The van der Waals surface area contributed by atoms with Gasteiger partial charge in [-0.25, -0.2) is 0 Å². The van der Waals surface area contributed by atoms with Gasteiger partial charge in [-0.15, -0.1) is 11.3 Å². The highest BCUT2D eigenvalue weighted by Gasteiger charge is 2.30. The fourth-order valence-electron chi connectivity index (χ4n) is 3.02. The van der Waals surface area contributed by atoms with E-state index in [2.05, 4.69) is 11.4 Å². The highest BCUT2D eigenvalue weighted by molar-refractivity contribution is 7.09. The van der Waals surface area contributed by atoms with E-state index in [1.54, 1.807) is 16.2 Å². The number of benzene rings is 1. The number of carbonyl (C=O) groups is 2. The Kier molecular flexibility index (Phi) is 5.64. The van der Waals surface area contributed by atoms with Crippen molar-refractivity contribution in [3.05, 3.63) is 52.7 Å². The van der Waals surface area contributed by atoms with Crippen LogP contribution in [0.5, 0.6) is 0 Å². The van der Waals surface area contributed by atoms with Gasteiger partial charge in [0.2, 0.25) is 11.8 Å². The smallest absolute Gasteiger partial charge is 0.249 e. The van der Waals surface area contributed by atoms with Crippen LogP contribution < -0.4 is 10.2 Å². The summed E-state index contributed by atoms with van der Waals surface area (Å²) in [7, 11) is 0. The molecule has 1 N–H and O–H groups in total. The Morgan fingerprint density at radius 2 is 2.04 bits per heavy atom. The first-order valence-corrected chi connectivity index (χ1v) is 9.30. The van der Waals surface area contributed by atoms with Crippen LogP contribution in [0.4, 0.5) is 5.69 Å². The van der Waals surface area contributed by atoms with Gasteiger partial charge < -0.3 is 10.2 Å². The Balaban J connectivity index is 1.50. The maximum absolute atomic E-state index is 12.6. The van der Waals surface area contributed by atoms with Crippen molar-refractivity contribution in [1.29, 1.82) is 0 Å². The van der Waals surface area contributed by atoms with E-state index in [4.69, 9.17) is 0 Å². The Morgan fingerprint density at radius 1 is 1.21 bits per heavy atom. The maximum Gasteiger partial charge on any atom is 0.249 e. The number of piperidine rings is 1. The lowest BCUT2D eigenvalue weighted by Crippen LogP contribution is -2.52. The minimum absolute atomic E-state index is 0.000873. The molecular formula is C19H22N2O2S. The summed E-state index contributed by atoms with van der Waals surface area (Å²) in [4.78, 5) is 27.9. The summed E-state index contributed by atoms with van der Waals surface area (Å²) in [6.07, 6.45) is 3.82. The molecular weight excluding hydrogens is 320 g/mol. The van der Waals surface area contributed by atoms with Crippen LogP contribution in [0, 0.1) is 0 Å².